The van der Waals surface area contributed by atoms with Crippen LogP contribution < -0.4 is 15.0 Å². The predicted molar refractivity (Wildman–Crippen MR) is 159 cm³/mol. The van der Waals surface area contributed by atoms with Gasteiger partial charge in [0.05, 0.1) is 9.79 Å². The molecule has 2 heterocycles. The van der Waals surface area contributed by atoms with Gasteiger partial charge in [0, 0.05) is 48.7 Å². The molecule has 0 unspecified atom stereocenters. The quantitative estimate of drug-likeness (QED) is 0.328. The highest BCUT2D eigenvalue weighted by Crippen LogP contribution is 2.37. The van der Waals surface area contributed by atoms with Gasteiger partial charge in [-0.25, -0.2) is 16.8 Å². The number of fused-ring (bicyclic) bond motifs is 2. The Bertz CT molecular complexity index is 1740. The van der Waals surface area contributed by atoms with Crippen molar-refractivity contribution in [3.8, 4) is 5.75 Å². The molecule has 2 aliphatic rings. The van der Waals surface area contributed by atoms with E-state index in [9.17, 15) is 16.8 Å². The number of nitrogens with zero attached hydrogens (tertiary/aromatic N) is 1. The second-order valence-electron chi connectivity index (χ2n) is 10.0. The minimum absolute atomic E-state index is 0.378. The molecule has 0 radical (unpaired) electrons. The number of sulfone groups is 2. The smallest absolute Gasteiger partial charge is 0.175 e. The van der Waals surface area contributed by atoms with E-state index in [0.29, 0.717) is 16.4 Å². The Morgan fingerprint density at radius 3 is 2.17 bits per heavy atom. The molecule has 4 aromatic rings. The van der Waals surface area contributed by atoms with Gasteiger partial charge in [0.1, 0.15) is 12.4 Å². The van der Waals surface area contributed by atoms with Gasteiger partial charge in [-0.05, 0) is 78.1 Å². The van der Waals surface area contributed by atoms with Crippen LogP contribution in [0, 0.1) is 0 Å². The zero-order valence-corrected chi connectivity index (χ0v) is 24.1. The first-order valence-corrected chi connectivity index (χ1v) is 16.8. The fourth-order valence-corrected chi connectivity index (χ4v) is 6.21. The summed E-state index contributed by atoms with van der Waals surface area (Å²) >= 11 is 0. The standard InChI is InChI=1S/C22H21NO3S.C9H11NO2S/c1-27(24,25)21-10-11-22-18(14-21)12-13-23(22)19-8-5-9-20(15-19)26-16-17-6-3-2-4-7-17;1-13(11,12)8-2-3-9-7(6-8)4-5-10-9/h2-11,14-15H,12-13,16H2,1H3;2-3,6,10H,4-5H2,1H3. The summed E-state index contributed by atoms with van der Waals surface area (Å²) < 4.78 is 51.9. The lowest BCUT2D eigenvalue weighted by atomic mass is 10.2. The zero-order valence-electron chi connectivity index (χ0n) is 22.5. The molecule has 0 fully saturated rings. The molecule has 2 aliphatic heterocycles. The molecule has 0 bridgehead atoms. The lowest BCUT2D eigenvalue weighted by molar-refractivity contribution is 0.306. The van der Waals surface area contributed by atoms with Crippen LogP contribution in [0.5, 0.6) is 5.75 Å². The van der Waals surface area contributed by atoms with Crippen LogP contribution in [0.2, 0.25) is 0 Å². The summed E-state index contributed by atoms with van der Waals surface area (Å²) in [5.41, 5.74) is 6.46. The van der Waals surface area contributed by atoms with Gasteiger partial charge in [0.25, 0.3) is 0 Å². The number of hydrogen-bond acceptors (Lipinski definition) is 7. The molecule has 0 spiro atoms. The van der Waals surface area contributed by atoms with Gasteiger partial charge in [-0.15, -0.1) is 0 Å². The van der Waals surface area contributed by atoms with Gasteiger partial charge in [0.2, 0.25) is 0 Å². The third kappa shape index (κ3) is 6.48. The summed E-state index contributed by atoms with van der Waals surface area (Å²) in [6.45, 7) is 2.26. The van der Waals surface area contributed by atoms with E-state index in [1.807, 2.05) is 60.7 Å². The molecule has 9 heteroatoms. The maximum atomic E-state index is 11.8. The summed E-state index contributed by atoms with van der Waals surface area (Å²) in [6.07, 6.45) is 4.22. The Hall–Kier alpha value is -3.82. The van der Waals surface area contributed by atoms with Gasteiger partial charge in [-0.3, -0.25) is 0 Å². The zero-order chi connectivity index (χ0) is 28.3. The van der Waals surface area contributed by atoms with E-state index < -0.39 is 19.7 Å². The van der Waals surface area contributed by atoms with Crippen molar-refractivity contribution in [2.24, 2.45) is 0 Å². The molecule has 208 valence electrons. The number of rotatable bonds is 6. The third-order valence-corrected chi connectivity index (χ3v) is 9.19. The van der Waals surface area contributed by atoms with Crippen LogP contribution in [0.3, 0.4) is 0 Å². The van der Waals surface area contributed by atoms with E-state index >= 15 is 0 Å². The first kappa shape index (κ1) is 27.7. The largest absolute Gasteiger partial charge is 0.489 e. The van der Waals surface area contributed by atoms with E-state index in [4.69, 9.17) is 4.74 Å². The number of hydrogen-bond donors (Lipinski definition) is 1. The maximum absolute atomic E-state index is 11.8. The first-order valence-electron chi connectivity index (χ1n) is 13.0. The second-order valence-corrected chi connectivity index (χ2v) is 14.0. The minimum atomic E-state index is -3.19. The van der Waals surface area contributed by atoms with Crippen LogP contribution in [-0.2, 0) is 39.1 Å². The van der Waals surface area contributed by atoms with Crippen molar-refractivity contribution in [2.45, 2.75) is 29.2 Å². The highest BCUT2D eigenvalue weighted by Gasteiger charge is 2.22. The van der Waals surface area contributed by atoms with E-state index in [1.165, 1.54) is 12.5 Å². The van der Waals surface area contributed by atoms with Crippen LogP contribution in [0.1, 0.15) is 16.7 Å². The monoisotopic (exact) mass is 576 g/mol. The predicted octanol–water partition coefficient (Wildman–Crippen LogP) is 5.42. The summed E-state index contributed by atoms with van der Waals surface area (Å²) in [6, 6.07) is 28.7. The van der Waals surface area contributed by atoms with Crippen LogP contribution in [0.15, 0.2) is 101 Å². The Morgan fingerprint density at radius 2 is 1.45 bits per heavy atom. The fourth-order valence-electron chi connectivity index (χ4n) is 4.87. The van der Waals surface area contributed by atoms with Gasteiger partial charge in [-0.2, -0.15) is 0 Å². The number of ether oxygens (including phenoxy) is 1. The van der Waals surface area contributed by atoms with Crippen molar-refractivity contribution in [1.82, 2.24) is 0 Å². The van der Waals surface area contributed by atoms with E-state index in [-0.39, 0.29) is 0 Å². The molecule has 0 aromatic heterocycles. The molecule has 40 heavy (non-hydrogen) atoms. The second kappa shape index (κ2) is 11.3. The van der Waals surface area contributed by atoms with Crippen LogP contribution in [0.25, 0.3) is 0 Å². The average molecular weight is 577 g/mol. The topological polar surface area (TPSA) is 92.8 Å². The Labute approximate surface area is 236 Å². The number of anilines is 3. The lowest BCUT2D eigenvalue weighted by Gasteiger charge is -2.20. The van der Waals surface area contributed by atoms with Gasteiger partial charge < -0.3 is 15.0 Å². The highest BCUT2D eigenvalue weighted by molar-refractivity contribution is 7.91. The normalized spacial score (nSPS) is 14.0. The van der Waals surface area contributed by atoms with Crippen molar-refractivity contribution in [1.29, 1.82) is 0 Å². The molecule has 0 aliphatic carbocycles. The van der Waals surface area contributed by atoms with Gasteiger partial charge in [-0.1, -0.05) is 36.4 Å². The molecule has 1 N–H and O–H groups in total. The molecule has 0 saturated carbocycles. The van der Waals surface area contributed by atoms with Gasteiger partial charge in [0.15, 0.2) is 19.7 Å². The van der Waals surface area contributed by atoms with Crippen LogP contribution >= 0.6 is 0 Å². The molecular formula is C31H32N2O5S2. The molecule has 6 rings (SSSR count). The third-order valence-electron chi connectivity index (χ3n) is 6.97. The first-order chi connectivity index (χ1) is 19.1. The number of benzene rings is 4. The Kier molecular flexibility index (Phi) is 7.87. The maximum Gasteiger partial charge on any atom is 0.175 e. The van der Waals surface area contributed by atoms with E-state index in [1.54, 1.807) is 24.3 Å². The highest BCUT2D eigenvalue weighted by atomic mass is 32.2. The van der Waals surface area contributed by atoms with Gasteiger partial charge >= 0.3 is 0 Å². The summed E-state index contributed by atoms with van der Waals surface area (Å²) in [5.74, 6) is 0.817. The average Bonchev–Trinajstić information content (AvgIpc) is 3.58. The van der Waals surface area contributed by atoms with Crippen molar-refractivity contribution in [2.75, 3.05) is 35.8 Å². The minimum Gasteiger partial charge on any atom is -0.489 e. The van der Waals surface area contributed by atoms with Crippen molar-refractivity contribution in [3.05, 3.63) is 108 Å². The molecule has 0 amide bonds. The summed E-state index contributed by atoms with van der Waals surface area (Å²) in [5, 5.41) is 3.18. The number of nitrogens with one attached hydrogen (secondary N) is 1. The van der Waals surface area contributed by atoms with Crippen molar-refractivity contribution in [3.63, 3.8) is 0 Å². The summed E-state index contributed by atoms with van der Waals surface area (Å²) in [7, 11) is -6.24. The Balaban J connectivity index is 0.000000207. The fraction of sp³-hybridized carbons (Fsp3) is 0.226. The molecule has 4 aromatic carbocycles. The van der Waals surface area contributed by atoms with E-state index in [2.05, 4.69) is 16.3 Å². The van der Waals surface area contributed by atoms with E-state index in [0.717, 1.165) is 65.4 Å². The molecular weight excluding hydrogens is 544 g/mol. The molecule has 0 atom stereocenters. The SMILES string of the molecule is CS(=O)(=O)c1ccc2c(c1)CCN2.CS(=O)(=O)c1ccc2c(c1)CCN2c1cccc(OCc2ccccc2)c1. The molecule has 7 nitrogen and oxygen atoms in total. The van der Waals surface area contributed by atoms with Crippen molar-refractivity contribution >= 4 is 36.7 Å². The lowest BCUT2D eigenvalue weighted by Crippen LogP contribution is -2.13. The Morgan fingerprint density at radius 1 is 0.750 bits per heavy atom. The molecule has 0 saturated heterocycles. The van der Waals surface area contributed by atoms with Crippen molar-refractivity contribution < 1.29 is 21.6 Å². The summed E-state index contributed by atoms with van der Waals surface area (Å²) in [4.78, 5) is 2.99. The van der Waals surface area contributed by atoms with Crippen LogP contribution in [-0.4, -0.2) is 42.4 Å². The van der Waals surface area contributed by atoms with Crippen LogP contribution in [0.4, 0.5) is 17.1 Å².